The van der Waals surface area contributed by atoms with Crippen molar-refractivity contribution in [3.63, 3.8) is 0 Å². The molecule has 0 bridgehead atoms. The number of hydrogen-bond donors (Lipinski definition) is 0. The molecule has 0 amide bonds. The van der Waals surface area contributed by atoms with E-state index in [-0.39, 0.29) is 37.5 Å². The Balaban J connectivity index is 4.43. The molecule has 1 atom stereocenters. The van der Waals surface area contributed by atoms with Crippen molar-refractivity contribution in [3.05, 3.63) is 72.9 Å². The Morgan fingerprint density at radius 2 is 0.619 bits per heavy atom. The number of carbonyl (C=O) groups excluding carboxylic acids is 3. The van der Waals surface area contributed by atoms with Crippen LogP contribution in [0.5, 0.6) is 0 Å². The zero-order valence-electron chi connectivity index (χ0n) is 41.3. The molecule has 0 aliphatic heterocycles. The zero-order valence-corrected chi connectivity index (χ0v) is 41.3. The van der Waals surface area contributed by atoms with Gasteiger partial charge in [0.05, 0.1) is 0 Å². The molecule has 6 heteroatoms. The van der Waals surface area contributed by atoms with E-state index in [1.807, 2.05) is 0 Å². The highest BCUT2D eigenvalue weighted by Gasteiger charge is 2.19. The molecule has 0 aromatic heterocycles. The lowest BCUT2D eigenvalue weighted by Crippen LogP contribution is -2.30. The van der Waals surface area contributed by atoms with Crippen molar-refractivity contribution in [2.45, 2.75) is 258 Å². The van der Waals surface area contributed by atoms with Gasteiger partial charge in [-0.3, -0.25) is 14.4 Å². The normalized spacial score (nSPS) is 12.6. The second-order valence-electron chi connectivity index (χ2n) is 17.4. The van der Waals surface area contributed by atoms with E-state index in [1.165, 1.54) is 116 Å². The van der Waals surface area contributed by atoms with Gasteiger partial charge in [0.15, 0.2) is 6.10 Å². The molecule has 0 aromatic rings. The summed E-state index contributed by atoms with van der Waals surface area (Å²) in [4.78, 5) is 38.0. The van der Waals surface area contributed by atoms with Crippen LogP contribution in [-0.2, 0) is 28.6 Å². The van der Waals surface area contributed by atoms with E-state index < -0.39 is 6.10 Å². The number of rotatable bonds is 47. The van der Waals surface area contributed by atoms with Crippen molar-refractivity contribution in [1.82, 2.24) is 0 Å². The van der Waals surface area contributed by atoms with Crippen LogP contribution < -0.4 is 0 Å². The molecule has 0 fully saturated rings. The average Bonchev–Trinajstić information content (AvgIpc) is 3.28. The lowest BCUT2D eigenvalue weighted by molar-refractivity contribution is -0.167. The molecule has 1 unspecified atom stereocenters. The Kier molecular flexibility index (Phi) is 48.9. The summed E-state index contributed by atoms with van der Waals surface area (Å²) in [5.41, 5.74) is 0. The van der Waals surface area contributed by atoms with Crippen molar-refractivity contribution < 1.29 is 28.6 Å². The molecule has 0 rings (SSSR count). The lowest BCUT2D eigenvalue weighted by Gasteiger charge is -2.18. The summed E-state index contributed by atoms with van der Waals surface area (Å²) in [6.45, 7) is 6.47. The van der Waals surface area contributed by atoms with E-state index in [1.54, 1.807) is 0 Å². The standard InChI is InChI=1S/C57H98O6/c1-4-7-10-13-16-19-22-25-27-28-29-31-32-35-38-41-44-47-50-56(59)62-53-54(52-61-55(58)49-46-43-40-37-34-24-21-18-15-12-9-6-3)63-57(60)51-48-45-42-39-36-33-30-26-23-20-17-14-11-8-5-2/h8,11,17,19-20,22,26-28,30,36,39,54H,4-7,9-10,12-16,18,21,23-25,29,31-35,37-38,40-53H2,1-3H3/b11-8-,20-17-,22-19-,28-27-,30-26-,39-36-. The van der Waals surface area contributed by atoms with Gasteiger partial charge in [0.25, 0.3) is 0 Å². The molecule has 0 spiro atoms. The second kappa shape index (κ2) is 51.5. The molecular formula is C57H98O6. The summed E-state index contributed by atoms with van der Waals surface area (Å²) < 4.78 is 16.8. The first-order valence-electron chi connectivity index (χ1n) is 26.4. The molecule has 362 valence electrons. The van der Waals surface area contributed by atoms with Crippen molar-refractivity contribution in [3.8, 4) is 0 Å². The van der Waals surface area contributed by atoms with Crippen LogP contribution in [0.3, 0.4) is 0 Å². The third kappa shape index (κ3) is 49.7. The zero-order chi connectivity index (χ0) is 45.8. The van der Waals surface area contributed by atoms with Crippen molar-refractivity contribution in [2.75, 3.05) is 13.2 Å². The minimum atomic E-state index is -0.798. The van der Waals surface area contributed by atoms with E-state index >= 15 is 0 Å². The van der Waals surface area contributed by atoms with Crippen LogP contribution in [0, 0.1) is 0 Å². The molecule has 63 heavy (non-hydrogen) atoms. The van der Waals surface area contributed by atoms with Gasteiger partial charge in [-0.05, 0) is 89.9 Å². The van der Waals surface area contributed by atoms with Gasteiger partial charge in [0.1, 0.15) is 13.2 Å². The predicted octanol–water partition coefficient (Wildman–Crippen LogP) is 17.4. The molecule has 0 N–H and O–H groups in total. The smallest absolute Gasteiger partial charge is 0.306 e. The monoisotopic (exact) mass is 879 g/mol. The van der Waals surface area contributed by atoms with Crippen molar-refractivity contribution in [2.24, 2.45) is 0 Å². The van der Waals surface area contributed by atoms with Gasteiger partial charge in [-0.2, -0.15) is 0 Å². The minimum absolute atomic E-state index is 0.0932. The summed E-state index contributed by atoms with van der Waals surface area (Å²) in [6, 6.07) is 0. The molecule has 0 saturated carbocycles. The molecule has 0 aromatic carbocycles. The SMILES string of the molecule is CC/C=C\C/C=C\C/C=C\C/C=C\CCCCC(=O)OC(COC(=O)CCCCCCCCC/C=C\C/C=C\CCCCCC)COC(=O)CCCCCCCCCCCCCC. The molecule has 0 radical (unpaired) electrons. The van der Waals surface area contributed by atoms with E-state index in [0.717, 1.165) is 89.9 Å². The summed E-state index contributed by atoms with van der Waals surface area (Å²) in [7, 11) is 0. The lowest BCUT2D eigenvalue weighted by atomic mass is 10.0. The van der Waals surface area contributed by atoms with Gasteiger partial charge in [-0.1, -0.05) is 216 Å². The van der Waals surface area contributed by atoms with Crippen molar-refractivity contribution >= 4 is 17.9 Å². The van der Waals surface area contributed by atoms with Gasteiger partial charge in [-0.15, -0.1) is 0 Å². The van der Waals surface area contributed by atoms with E-state index in [2.05, 4.69) is 93.7 Å². The highest BCUT2D eigenvalue weighted by Crippen LogP contribution is 2.14. The first-order valence-corrected chi connectivity index (χ1v) is 26.4. The summed E-state index contributed by atoms with van der Waals surface area (Å²) >= 11 is 0. The van der Waals surface area contributed by atoms with Crippen LogP contribution in [0.15, 0.2) is 72.9 Å². The van der Waals surface area contributed by atoms with Gasteiger partial charge in [0.2, 0.25) is 0 Å². The third-order valence-corrected chi connectivity index (χ3v) is 11.2. The molecule has 0 aliphatic carbocycles. The second-order valence-corrected chi connectivity index (χ2v) is 17.4. The Bertz CT molecular complexity index is 1190. The van der Waals surface area contributed by atoms with Crippen LogP contribution in [-0.4, -0.2) is 37.2 Å². The van der Waals surface area contributed by atoms with E-state index in [0.29, 0.717) is 19.3 Å². The van der Waals surface area contributed by atoms with Crippen LogP contribution in [0.4, 0.5) is 0 Å². The predicted molar refractivity (Wildman–Crippen MR) is 270 cm³/mol. The maximum Gasteiger partial charge on any atom is 0.306 e. The Morgan fingerprint density at radius 3 is 1.02 bits per heavy atom. The van der Waals surface area contributed by atoms with Crippen LogP contribution in [0.25, 0.3) is 0 Å². The van der Waals surface area contributed by atoms with Crippen LogP contribution >= 0.6 is 0 Å². The number of hydrogen-bond acceptors (Lipinski definition) is 6. The highest BCUT2D eigenvalue weighted by atomic mass is 16.6. The van der Waals surface area contributed by atoms with E-state index in [9.17, 15) is 14.4 Å². The number of allylic oxidation sites excluding steroid dienone is 12. The quantitative estimate of drug-likeness (QED) is 0.0262. The fourth-order valence-electron chi connectivity index (χ4n) is 7.23. The molecule has 0 saturated heterocycles. The highest BCUT2D eigenvalue weighted by molar-refractivity contribution is 5.71. The van der Waals surface area contributed by atoms with Crippen molar-refractivity contribution in [1.29, 1.82) is 0 Å². The number of unbranched alkanes of at least 4 members (excludes halogenated alkanes) is 24. The summed E-state index contributed by atoms with van der Waals surface area (Å²) in [6.07, 6.45) is 64.6. The minimum Gasteiger partial charge on any atom is -0.462 e. The summed E-state index contributed by atoms with van der Waals surface area (Å²) in [5.74, 6) is -0.940. The average molecular weight is 879 g/mol. The van der Waals surface area contributed by atoms with Crippen LogP contribution in [0.1, 0.15) is 252 Å². The number of esters is 3. The molecule has 6 nitrogen and oxygen atoms in total. The number of ether oxygens (including phenoxy) is 3. The molecular weight excluding hydrogens is 781 g/mol. The third-order valence-electron chi connectivity index (χ3n) is 11.2. The van der Waals surface area contributed by atoms with Gasteiger partial charge in [0, 0.05) is 19.3 Å². The topological polar surface area (TPSA) is 78.9 Å². The van der Waals surface area contributed by atoms with Crippen LogP contribution in [0.2, 0.25) is 0 Å². The first kappa shape index (κ1) is 59.9. The number of carbonyl (C=O) groups is 3. The first-order chi connectivity index (χ1) is 31.0. The summed E-state index contributed by atoms with van der Waals surface area (Å²) in [5, 5.41) is 0. The van der Waals surface area contributed by atoms with E-state index in [4.69, 9.17) is 14.2 Å². The fraction of sp³-hybridized carbons (Fsp3) is 0.737. The molecule has 0 aliphatic rings. The molecule has 0 heterocycles. The fourth-order valence-corrected chi connectivity index (χ4v) is 7.23. The Hall–Kier alpha value is -3.15. The maximum absolute atomic E-state index is 12.8. The van der Waals surface area contributed by atoms with Gasteiger partial charge >= 0.3 is 17.9 Å². The Morgan fingerprint density at radius 1 is 0.333 bits per heavy atom. The largest absolute Gasteiger partial charge is 0.462 e. The Labute approximate surface area is 389 Å². The van der Waals surface area contributed by atoms with Gasteiger partial charge < -0.3 is 14.2 Å². The van der Waals surface area contributed by atoms with Gasteiger partial charge in [-0.25, -0.2) is 0 Å². The maximum atomic E-state index is 12.8.